The van der Waals surface area contributed by atoms with Gasteiger partial charge in [-0.1, -0.05) is 0 Å². The minimum absolute atomic E-state index is 0.0956. The minimum Gasteiger partial charge on any atom is -0.489 e. The van der Waals surface area contributed by atoms with E-state index in [1.165, 1.54) is 18.2 Å². The van der Waals surface area contributed by atoms with E-state index in [1.807, 2.05) is 4.84 Å². The number of hydrogen-bond acceptors (Lipinski definition) is 3. The Morgan fingerprint density at radius 3 is 2.74 bits per heavy atom. The lowest BCUT2D eigenvalue weighted by atomic mass is 10.2. The smallest absolute Gasteiger partial charge is 0.387 e. The van der Waals surface area contributed by atoms with Gasteiger partial charge in [0, 0.05) is 17.3 Å². The standard InChI is InChI=1S/C12H12ClF2NO3/c13-16-11(17)8-3-4-9(19-12(14)15)10(5-8)18-6-7-1-2-7/h3-5,7,12H,1-2,6H2,(H,16,17). The van der Waals surface area contributed by atoms with Gasteiger partial charge in [-0.2, -0.15) is 8.78 Å². The Morgan fingerprint density at radius 1 is 1.42 bits per heavy atom. The van der Waals surface area contributed by atoms with Crippen molar-refractivity contribution in [3.8, 4) is 11.5 Å². The summed E-state index contributed by atoms with van der Waals surface area (Å²) in [6, 6.07) is 3.92. The first-order valence-electron chi connectivity index (χ1n) is 5.72. The summed E-state index contributed by atoms with van der Waals surface area (Å²) in [6.07, 6.45) is 2.12. The Hall–Kier alpha value is -1.56. The SMILES string of the molecule is O=C(NCl)c1ccc(OC(F)F)c(OCC2CC2)c1. The van der Waals surface area contributed by atoms with Crippen LogP contribution in [-0.2, 0) is 0 Å². The molecule has 1 aliphatic rings. The number of halogens is 3. The molecule has 0 aliphatic heterocycles. The summed E-state index contributed by atoms with van der Waals surface area (Å²) in [5.74, 6) is -0.0711. The Bertz CT molecular complexity index is 466. The number of alkyl halides is 2. The molecule has 1 aliphatic carbocycles. The van der Waals surface area contributed by atoms with Crippen molar-refractivity contribution in [1.29, 1.82) is 0 Å². The van der Waals surface area contributed by atoms with Crippen molar-refractivity contribution in [2.24, 2.45) is 5.92 Å². The molecule has 19 heavy (non-hydrogen) atoms. The number of carbonyl (C=O) groups is 1. The van der Waals surface area contributed by atoms with Crippen LogP contribution in [0.2, 0.25) is 0 Å². The van der Waals surface area contributed by atoms with Crippen LogP contribution in [-0.4, -0.2) is 19.1 Å². The average Bonchev–Trinajstić information content (AvgIpc) is 3.20. The fourth-order valence-electron chi connectivity index (χ4n) is 1.50. The molecule has 0 heterocycles. The van der Waals surface area contributed by atoms with Gasteiger partial charge in [0.2, 0.25) is 0 Å². The van der Waals surface area contributed by atoms with E-state index in [0.29, 0.717) is 12.5 Å². The Morgan fingerprint density at radius 2 is 2.16 bits per heavy atom. The van der Waals surface area contributed by atoms with Gasteiger partial charge in [-0.15, -0.1) is 0 Å². The first kappa shape index (κ1) is 13.9. The van der Waals surface area contributed by atoms with Gasteiger partial charge in [-0.3, -0.25) is 9.63 Å². The van der Waals surface area contributed by atoms with Gasteiger partial charge in [0.25, 0.3) is 5.91 Å². The topological polar surface area (TPSA) is 47.6 Å². The van der Waals surface area contributed by atoms with Crippen LogP contribution in [0.1, 0.15) is 23.2 Å². The van der Waals surface area contributed by atoms with Crippen LogP contribution in [0.3, 0.4) is 0 Å². The molecule has 1 aromatic carbocycles. The predicted molar refractivity (Wildman–Crippen MR) is 64.6 cm³/mol. The molecule has 0 bridgehead atoms. The van der Waals surface area contributed by atoms with E-state index in [1.54, 1.807) is 0 Å². The average molecular weight is 292 g/mol. The summed E-state index contributed by atoms with van der Waals surface area (Å²) < 4.78 is 34.3. The van der Waals surface area contributed by atoms with E-state index < -0.39 is 12.5 Å². The van der Waals surface area contributed by atoms with E-state index >= 15 is 0 Å². The summed E-state index contributed by atoms with van der Waals surface area (Å²) in [4.78, 5) is 13.3. The van der Waals surface area contributed by atoms with E-state index in [4.69, 9.17) is 16.5 Å². The van der Waals surface area contributed by atoms with E-state index in [2.05, 4.69) is 4.74 Å². The van der Waals surface area contributed by atoms with Gasteiger partial charge in [-0.25, -0.2) is 0 Å². The first-order chi connectivity index (χ1) is 9.10. The van der Waals surface area contributed by atoms with E-state index in [-0.39, 0.29) is 17.1 Å². The van der Waals surface area contributed by atoms with Gasteiger partial charge in [0.15, 0.2) is 11.5 Å². The molecular formula is C12H12ClF2NO3. The molecule has 1 aromatic rings. The Balaban J connectivity index is 2.17. The molecule has 0 spiro atoms. The van der Waals surface area contributed by atoms with Crippen molar-refractivity contribution in [2.75, 3.05) is 6.61 Å². The first-order valence-corrected chi connectivity index (χ1v) is 6.10. The van der Waals surface area contributed by atoms with Crippen molar-refractivity contribution in [2.45, 2.75) is 19.5 Å². The fourth-order valence-corrected chi connectivity index (χ4v) is 1.61. The quantitative estimate of drug-likeness (QED) is 0.820. The number of benzene rings is 1. The van der Waals surface area contributed by atoms with Crippen molar-refractivity contribution < 1.29 is 23.0 Å². The van der Waals surface area contributed by atoms with Gasteiger partial charge in [-0.05, 0) is 37.0 Å². The molecule has 0 aromatic heterocycles. The lowest BCUT2D eigenvalue weighted by Crippen LogP contribution is -2.13. The molecule has 1 N–H and O–H groups in total. The number of rotatable bonds is 6. The molecule has 7 heteroatoms. The molecule has 1 saturated carbocycles. The molecule has 0 saturated heterocycles. The van der Waals surface area contributed by atoms with Crippen LogP contribution in [0, 0.1) is 5.92 Å². The highest BCUT2D eigenvalue weighted by molar-refractivity contribution is 6.24. The van der Waals surface area contributed by atoms with Crippen LogP contribution >= 0.6 is 11.8 Å². The highest BCUT2D eigenvalue weighted by Crippen LogP contribution is 2.34. The number of ether oxygens (including phenoxy) is 2. The number of carbonyl (C=O) groups excluding carboxylic acids is 1. The maximum absolute atomic E-state index is 12.3. The van der Waals surface area contributed by atoms with Crippen LogP contribution < -0.4 is 14.3 Å². The number of hydrogen-bond donors (Lipinski definition) is 1. The third-order valence-corrected chi connectivity index (χ3v) is 2.85. The number of nitrogens with one attached hydrogen (secondary N) is 1. The predicted octanol–water partition coefficient (Wildman–Crippen LogP) is 2.96. The third kappa shape index (κ3) is 3.96. The zero-order valence-electron chi connectivity index (χ0n) is 9.87. The molecular weight excluding hydrogens is 280 g/mol. The van der Waals surface area contributed by atoms with Crippen molar-refractivity contribution in [3.63, 3.8) is 0 Å². The third-order valence-electron chi connectivity index (χ3n) is 2.68. The second-order valence-electron chi connectivity index (χ2n) is 4.22. The van der Waals surface area contributed by atoms with E-state index in [0.717, 1.165) is 12.8 Å². The van der Waals surface area contributed by atoms with Crippen molar-refractivity contribution in [1.82, 2.24) is 4.84 Å². The Labute approximate surface area is 113 Å². The van der Waals surface area contributed by atoms with Gasteiger partial charge in [0.05, 0.1) is 6.61 Å². The van der Waals surface area contributed by atoms with Crippen LogP contribution in [0.15, 0.2) is 18.2 Å². The molecule has 0 radical (unpaired) electrons. The lowest BCUT2D eigenvalue weighted by Gasteiger charge is -2.13. The van der Waals surface area contributed by atoms with Gasteiger partial charge < -0.3 is 9.47 Å². The van der Waals surface area contributed by atoms with Crippen molar-refractivity contribution in [3.05, 3.63) is 23.8 Å². The fraction of sp³-hybridized carbons (Fsp3) is 0.417. The highest BCUT2D eigenvalue weighted by atomic mass is 35.5. The molecule has 1 fully saturated rings. The monoisotopic (exact) mass is 291 g/mol. The zero-order chi connectivity index (χ0) is 13.8. The van der Waals surface area contributed by atoms with Gasteiger partial charge in [0.1, 0.15) is 0 Å². The zero-order valence-corrected chi connectivity index (χ0v) is 10.6. The lowest BCUT2D eigenvalue weighted by molar-refractivity contribution is -0.0515. The summed E-state index contributed by atoms with van der Waals surface area (Å²) in [6.45, 7) is -2.53. The molecule has 0 unspecified atom stereocenters. The molecule has 0 atom stereocenters. The Kier molecular flexibility index (Phi) is 4.42. The van der Waals surface area contributed by atoms with Crippen LogP contribution in [0.4, 0.5) is 8.78 Å². The van der Waals surface area contributed by atoms with Gasteiger partial charge >= 0.3 is 6.61 Å². The summed E-state index contributed by atoms with van der Waals surface area (Å²) in [5, 5.41) is 0. The second kappa shape index (κ2) is 6.06. The normalized spacial score (nSPS) is 14.3. The maximum Gasteiger partial charge on any atom is 0.387 e. The highest BCUT2D eigenvalue weighted by Gasteiger charge is 2.23. The van der Waals surface area contributed by atoms with Crippen molar-refractivity contribution >= 4 is 17.7 Å². The summed E-state index contributed by atoms with van der Waals surface area (Å²) in [7, 11) is 0. The molecule has 4 nitrogen and oxygen atoms in total. The summed E-state index contributed by atoms with van der Waals surface area (Å²) in [5.41, 5.74) is 0.211. The number of amides is 1. The molecule has 104 valence electrons. The van der Waals surface area contributed by atoms with E-state index in [9.17, 15) is 13.6 Å². The van der Waals surface area contributed by atoms with Crippen LogP contribution in [0.5, 0.6) is 11.5 Å². The van der Waals surface area contributed by atoms with Crippen LogP contribution in [0.25, 0.3) is 0 Å². The molecule has 1 amide bonds. The largest absolute Gasteiger partial charge is 0.489 e. The minimum atomic E-state index is -2.95. The summed E-state index contributed by atoms with van der Waals surface area (Å²) >= 11 is 5.21. The second-order valence-corrected chi connectivity index (χ2v) is 4.41. The molecule has 2 rings (SSSR count). The maximum atomic E-state index is 12.3.